The molecule has 1 aliphatic rings. The summed E-state index contributed by atoms with van der Waals surface area (Å²) in [6.07, 6.45) is 3.92. The number of hydrogen-bond donors (Lipinski definition) is 2. The first kappa shape index (κ1) is 26.9. The van der Waals surface area contributed by atoms with Gasteiger partial charge in [0, 0.05) is 43.5 Å². The standard InChI is InChI=1S/C28H35N7O3S/c1-17(2)31-22-14-24(32-19-6-7-21-23(13-19)39-16-30-21)29-15-20(22)26-34-33-25(37-26)12-18-8-10-35(11-9-18)27(36)38-28(3,4)5/h6-7,13-18H,8-12H2,1-5H3,(H2,29,31,32). The van der Waals surface area contributed by atoms with Gasteiger partial charge in [-0.1, -0.05) is 0 Å². The molecule has 3 aromatic heterocycles. The monoisotopic (exact) mass is 549 g/mol. The molecule has 2 N–H and O–H groups in total. The van der Waals surface area contributed by atoms with Crippen molar-refractivity contribution in [1.29, 1.82) is 0 Å². The van der Waals surface area contributed by atoms with Crippen LogP contribution in [0.2, 0.25) is 0 Å². The van der Waals surface area contributed by atoms with Gasteiger partial charge in [-0.15, -0.1) is 21.5 Å². The minimum Gasteiger partial charge on any atom is -0.444 e. The van der Waals surface area contributed by atoms with Crippen molar-refractivity contribution >= 4 is 44.8 Å². The zero-order valence-electron chi connectivity index (χ0n) is 23.0. The van der Waals surface area contributed by atoms with Crippen molar-refractivity contribution < 1.29 is 13.9 Å². The molecule has 0 atom stereocenters. The number of pyridine rings is 1. The summed E-state index contributed by atoms with van der Waals surface area (Å²) in [6, 6.07) is 8.22. The van der Waals surface area contributed by atoms with Crippen molar-refractivity contribution in [3.05, 3.63) is 41.9 Å². The van der Waals surface area contributed by atoms with Crippen molar-refractivity contribution in [1.82, 2.24) is 25.1 Å². The topological polar surface area (TPSA) is 118 Å². The highest BCUT2D eigenvalue weighted by atomic mass is 32.1. The fourth-order valence-corrected chi connectivity index (χ4v) is 5.26. The maximum absolute atomic E-state index is 12.4. The second-order valence-electron chi connectivity index (χ2n) is 11.2. The first-order chi connectivity index (χ1) is 18.6. The lowest BCUT2D eigenvalue weighted by Crippen LogP contribution is -2.42. The van der Waals surface area contributed by atoms with Crippen LogP contribution in [0.25, 0.3) is 21.7 Å². The number of carbonyl (C=O) groups excluding carboxylic acids is 1. The van der Waals surface area contributed by atoms with Crippen LogP contribution in [-0.2, 0) is 11.2 Å². The predicted octanol–water partition coefficient (Wildman–Crippen LogP) is 6.49. The highest BCUT2D eigenvalue weighted by molar-refractivity contribution is 7.16. The van der Waals surface area contributed by atoms with Crippen molar-refractivity contribution in [2.45, 2.75) is 65.5 Å². The van der Waals surface area contributed by atoms with Gasteiger partial charge in [0.15, 0.2) is 0 Å². The summed E-state index contributed by atoms with van der Waals surface area (Å²) in [7, 11) is 0. The minimum atomic E-state index is -0.489. The van der Waals surface area contributed by atoms with Crippen LogP contribution in [0.1, 0.15) is 53.4 Å². The van der Waals surface area contributed by atoms with Gasteiger partial charge in [0.2, 0.25) is 5.89 Å². The van der Waals surface area contributed by atoms with E-state index in [-0.39, 0.29) is 12.1 Å². The highest BCUT2D eigenvalue weighted by Gasteiger charge is 2.28. The first-order valence-corrected chi connectivity index (χ1v) is 14.2. The summed E-state index contributed by atoms with van der Waals surface area (Å²) in [5.41, 5.74) is 4.90. The Morgan fingerprint density at radius 2 is 1.97 bits per heavy atom. The molecule has 39 heavy (non-hydrogen) atoms. The zero-order valence-corrected chi connectivity index (χ0v) is 23.8. The molecule has 4 heterocycles. The summed E-state index contributed by atoms with van der Waals surface area (Å²) < 4.78 is 12.7. The molecule has 10 nitrogen and oxygen atoms in total. The van der Waals surface area contributed by atoms with Crippen LogP contribution in [0.15, 0.2) is 40.4 Å². The SMILES string of the molecule is CC(C)Nc1cc(Nc2ccc3ncsc3c2)ncc1-c1nnc(CC2CCN(C(=O)OC(C)(C)C)CC2)o1. The van der Waals surface area contributed by atoms with Gasteiger partial charge >= 0.3 is 6.09 Å². The van der Waals surface area contributed by atoms with E-state index in [4.69, 9.17) is 9.15 Å². The number of anilines is 3. The van der Waals surface area contributed by atoms with Gasteiger partial charge in [0.05, 0.1) is 27.0 Å². The maximum atomic E-state index is 12.4. The summed E-state index contributed by atoms with van der Waals surface area (Å²) in [5.74, 6) is 2.11. The van der Waals surface area contributed by atoms with Crippen molar-refractivity contribution in [3.8, 4) is 11.5 Å². The van der Waals surface area contributed by atoms with Gasteiger partial charge in [-0.05, 0) is 71.6 Å². The molecule has 1 aliphatic heterocycles. The van der Waals surface area contributed by atoms with E-state index >= 15 is 0 Å². The minimum absolute atomic E-state index is 0.199. The Morgan fingerprint density at radius 1 is 1.18 bits per heavy atom. The molecule has 0 spiro atoms. The second-order valence-corrected chi connectivity index (χ2v) is 12.1. The van der Waals surface area contributed by atoms with Crippen LogP contribution < -0.4 is 10.6 Å². The largest absolute Gasteiger partial charge is 0.444 e. The highest BCUT2D eigenvalue weighted by Crippen LogP contribution is 2.32. The number of nitrogens with zero attached hydrogens (tertiary/aromatic N) is 5. The van der Waals surface area contributed by atoms with Crippen LogP contribution in [-0.4, -0.2) is 55.9 Å². The lowest BCUT2D eigenvalue weighted by atomic mass is 9.94. The number of ether oxygens (including phenoxy) is 1. The van der Waals surface area contributed by atoms with Crippen LogP contribution in [0.3, 0.4) is 0 Å². The normalized spacial score (nSPS) is 14.7. The Morgan fingerprint density at radius 3 is 2.72 bits per heavy atom. The molecule has 0 bridgehead atoms. The summed E-state index contributed by atoms with van der Waals surface area (Å²) in [5, 5.41) is 15.5. The van der Waals surface area contributed by atoms with E-state index in [0.717, 1.165) is 40.0 Å². The maximum Gasteiger partial charge on any atom is 0.410 e. The van der Waals surface area contributed by atoms with Gasteiger partial charge in [-0.2, -0.15) is 0 Å². The number of likely N-dealkylation sites (tertiary alicyclic amines) is 1. The van der Waals surface area contributed by atoms with E-state index in [9.17, 15) is 4.79 Å². The average molecular weight is 550 g/mol. The quantitative estimate of drug-likeness (QED) is 0.266. The predicted molar refractivity (Wildman–Crippen MR) is 153 cm³/mol. The number of aromatic nitrogens is 4. The molecule has 1 aromatic carbocycles. The van der Waals surface area contributed by atoms with Crippen LogP contribution in [0, 0.1) is 5.92 Å². The Hall–Kier alpha value is -3.73. The number of hydrogen-bond acceptors (Lipinski definition) is 10. The first-order valence-electron chi connectivity index (χ1n) is 13.3. The molecule has 11 heteroatoms. The van der Waals surface area contributed by atoms with E-state index in [2.05, 4.69) is 50.7 Å². The van der Waals surface area contributed by atoms with Gasteiger partial charge in [-0.25, -0.2) is 14.8 Å². The van der Waals surface area contributed by atoms with Gasteiger partial charge in [0.25, 0.3) is 5.89 Å². The van der Waals surface area contributed by atoms with E-state index in [1.165, 1.54) is 0 Å². The molecule has 0 aliphatic carbocycles. The number of carbonyl (C=O) groups is 1. The summed E-state index contributed by atoms with van der Waals surface area (Å²) in [6.45, 7) is 11.1. The van der Waals surface area contributed by atoms with Crippen molar-refractivity contribution in [3.63, 3.8) is 0 Å². The number of rotatable bonds is 7. The fourth-order valence-electron chi connectivity index (χ4n) is 4.54. The van der Waals surface area contributed by atoms with Gasteiger partial charge < -0.3 is 24.7 Å². The third-order valence-corrected chi connectivity index (χ3v) is 7.17. The molecule has 4 aromatic rings. The van der Waals surface area contributed by atoms with Crippen molar-refractivity contribution in [2.24, 2.45) is 5.92 Å². The molecular formula is C28H35N7O3S. The smallest absolute Gasteiger partial charge is 0.410 e. The van der Waals surface area contributed by atoms with Crippen LogP contribution >= 0.6 is 11.3 Å². The lowest BCUT2D eigenvalue weighted by Gasteiger charge is -2.33. The van der Waals surface area contributed by atoms with E-state index in [1.807, 2.05) is 44.5 Å². The molecule has 5 rings (SSSR count). The molecule has 206 valence electrons. The number of amides is 1. The Labute approximate surface area is 232 Å². The summed E-state index contributed by atoms with van der Waals surface area (Å²) in [4.78, 5) is 23.1. The Bertz CT molecular complexity index is 1430. The van der Waals surface area contributed by atoms with Gasteiger partial charge in [0.1, 0.15) is 11.4 Å². The molecule has 0 radical (unpaired) electrons. The molecule has 0 unspecified atom stereocenters. The number of benzene rings is 1. The Balaban J connectivity index is 1.25. The number of piperidine rings is 1. The lowest BCUT2D eigenvalue weighted by molar-refractivity contribution is 0.0182. The second kappa shape index (κ2) is 11.2. The average Bonchev–Trinajstić information content (AvgIpc) is 3.52. The number of nitrogens with one attached hydrogen (secondary N) is 2. The summed E-state index contributed by atoms with van der Waals surface area (Å²) >= 11 is 1.61. The number of fused-ring (bicyclic) bond motifs is 1. The zero-order chi connectivity index (χ0) is 27.6. The molecule has 0 saturated carbocycles. The Kier molecular flexibility index (Phi) is 7.69. The molecule has 1 saturated heterocycles. The van der Waals surface area contributed by atoms with Gasteiger partial charge in [-0.3, -0.25) is 0 Å². The van der Waals surface area contributed by atoms with E-state index in [0.29, 0.717) is 43.0 Å². The van der Waals surface area contributed by atoms with E-state index in [1.54, 1.807) is 22.4 Å². The van der Waals surface area contributed by atoms with Crippen molar-refractivity contribution in [2.75, 3.05) is 23.7 Å². The number of thiazole rings is 1. The fraction of sp³-hybridized carbons (Fsp3) is 0.464. The third kappa shape index (κ3) is 6.83. The molecule has 1 amide bonds. The molecule has 1 fully saturated rings. The van der Waals surface area contributed by atoms with Crippen LogP contribution in [0.5, 0.6) is 0 Å². The third-order valence-electron chi connectivity index (χ3n) is 6.38. The molecular weight excluding hydrogens is 514 g/mol. The van der Waals surface area contributed by atoms with E-state index < -0.39 is 5.60 Å². The van der Waals surface area contributed by atoms with Crippen LogP contribution in [0.4, 0.5) is 22.0 Å².